The normalized spacial score (nSPS) is 11.5. The molecule has 51 heavy (non-hydrogen) atoms. The first-order valence-electron chi connectivity index (χ1n) is 16.4. The third kappa shape index (κ3) is 9.84. The number of hydrogen-bond acceptors (Lipinski definition) is 7. The van der Waals surface area contributed by atoms with Gasteiger partial charge in [-0.1, -0.05) is 140 Å². The molecule has 0 saturated carbocycles. The Bertz CT molecular complexity index is 1810. The van der Waals surface area contributed by atoms with Gasteiger partial charge < -0.3 is 20.7 Å². The predicted octanol–water partition coefficient (Wildman–Crippen LogP) is 3.91. The van der Waals surface area contributed by atoms with Crippen LogP contribution >= 0.6 is 0 Å². The van der Waals surface area contributed by atoms with Crippen LogP contribution in [0.1, 0.15) is 32.6 Å². The molecule has 0 heterocycles. The summed E-state index contributed by atoms with van der Waals surface area (Å²) >= 11 is 0. The summed E-state index contributed by atoms with van der Waals surface area (Å²) in [4.78, 5) is 64.1. The van der Waals surface area contributed by atoms with Crippen molar-refractivity contribution >= 4 is 29.7 Å². The molecule has 4 N–H and O–H groups in total. The lowest BCUT2D eigenvalue weighted by Crippen LogP contribution is -2.52. The number of carbonyl (C=O) groups excluding carboxylic acids is 5. The van der Waals surface area contributed by atoms with Crippen LogP contribution in [0.4, 0.5) is 0 Å². The van der Waals surface area contributed by atoms with Gasteiger partial charge in [-0.05, 0) is 34.4 Å². The van der Waals surface area contributed by atoms with Crippen molar-refractivity contribution in [3.63, 3.8) is 0 Å². The van der Waals surface area contributed by atoms with E-state index in [0.29, 0.717) is 0 Å². The number of rotatable bonds is 15. The van der Waals surface area contributed by atoms with Crippen LogP contribution in [0.15, 0.2) is 152 Å². The maximum Gasteiger partial charge on any atom is 0.345 e. The van der Waals surface area contributed by atoms with Crippen molar-refractivity contribution in [3.05, 3.63) is 179 Å². The molecule has 0 spiro atoms. The second kappa shape index (κ2) is 17.8. The van der Waals surface area contributed by atoms with Gasteiger partial charge in [0.05, 0.1) is 24.2 Å². The Balaban J connectivity index is 1.22. The van der Waals surface area contributed by atoms with E-state index < -0.39 is 54.3 Å². The van der Waals surface area contributed by atoms with Gasteiger partial charge in [0.25, 0.3) is 0 Å². The van der Waals surface area contributed by atoms with Gasteiger partial charge in [-0.3, -0.25) is 19.7 Å². The monoisotopic (exact) mass is 682 g/mol. The highest BCUT2D eigenvalue weighted by Gasteiger charge is 2.36. The zero-order valence-corrected chi connectivity index (χ0v) is 27.8. The second-order valence-corrected chi connectivity index (χ2v) is 11.6. The Morgan fingerprint density at radius 2 is 1.00 bits per heavy atom. The van der Waals surface area contributed by atoms with Crippen molar-refractivity contribution in [2.75, 3.05) is 19.6 Å². The SMILES string of the molecule is O=C(CNC(c1ccccc1)(c1ccccc1)c1ccccc1)NCC(=O)N[C@@H](Cc1ccccc1)C(=O)NCC(=O)OC(=O)c1ccccc1. The van der Waals surface area contributed by atoms with E-state index in [-0.39, 0.29) is 18.5 Å². The number of ether oxygens (including phenoxy) is 1. The van der Waals surface area contributed by atoms with E-state index in [1.165, 1.54) is 12.1 Å². The van der Waals surface area contributed by atoms with Gasteiger partial charge in [0, 0.05) is 6.42 Å². The lowest BCUT2D eigenvalue weighted by Gasteiger charge is -2.37. The Morgan fingerprint density at radius 3 is 1.51 bits per heavy atom. The molecule has 5 aromatic carbocycles. The van der Waals surface area contributed by atoms with Crippen LogP contribution in [0.5, 0.6) is 0 Å². The molecule has 5 rings (SSSR count). The fourth-order valence-electron chi connectivity index (χ4n) is 5.68. The maximum atomic E-state index is 13.3. The molecule has 0 aromatic heterocycles. The van der Waals surface area contributed by atoms with E-state index in [9.17, 15) is 24.0 Å². The molecule has 0 aliphatic carbocycles. The van der Waals surface area contributed by atoms with Gasteiger partial charge in [-0.25, -0.2) is 9.59 Å². The number of esters is 2. The summed E-state index contributed by atoms with van der Waals surface area (Å²) in [6, 6.07) is 45.3. The maximum absolute atomic E-state index is 13.3. The van der Waals surface area contributed by atoms with E-state index in [2.05, 4.69) is 21.3 Å². The van der Waals surface area contributed by atoms with Crippen LogP contribution < -0.4 is 21.3 Å². The number of nitrogens with one attached hydrogen (secondary N) is 4. The molecule has 5 aromatic rings. The highest BCUT2D eigenvalue weighted by Crippen LogP contribution is 2.36. The van der Waals surface area contributed by atoms with Crippen molar-refractivity contribution in [2.45, 2.75) is 18.0 Å². The molecule has 0 bridgehead atoms. The first kappa shape index (κ1) is 35.9. The van der Waals surface area contributed by atoms with E-state index in [1.54, 1.807) is 42.5 Å². The third-order valence-corrected chi connectivity index (χ3v) is 8.14. The summed E-state index contributed by atoms with van der Waals surface area (Å²) in [7, 11) is 0. The van der Waals surface area contributed by atoms with Crippen LogP contribution in [0, 0.1) is 0 Å². The Morgan fingerprint density at radius 1 is 0.529 bits per heavy atom. The van der Waals surface area contributed by atoms with Gasteiger partial charge in [0.1, 0.15) is 12.6 Å². The Kier molecular flexibility index (Phi) is 12.6. The van der Waals surface area contributed by atoms with E-state index in [1.807, 2.05) is 97.1 Å². The summed E-state index contributed by atoms with van der Waals surface area (Å²) in [6.07, 6.45) is 0.111. The lowest BCUT2D eigenvalue weighted by molar-refractivity contribution is -0.139. The molecule has 3 amide bonds. The molecule has 10 nitrogen and oxygen atoms in total. The largest absolute Gasteiger partial charge is 0.388 e. The Labute approximate surface area is 296 Å². The van der Waals surface area contributed by atoms with E-state index >= 15 is 0 Å². The molecule has 0 radical (unpaired) electrons. The number of carbonyl (C=O) groups is 5. The summed E-state index contributed by atoms with van der Waals surface area (Å²) in [5.41, 5.74) is 2.85. The first-order valence-corrected chi connectivity index (χ1v) is 16.4. The van der Waals surface area contributed by atoms with Crippen LogP contribution in [0.25, 0.3) is 0 Å². The molecule has 258 valence electrons. The van der Waals surface area contributed by atoms with Gasteiger partial charge in [0.2, 0.25) is 17.7 Å². The van der Waals surface area contributed by atoms with Crippen molar-refractivity contribution in [1.29, 1.82) is 0 Å². The molecule has 0 fully saturated rings. The molecular weight excluding hydrogens is 644 g/mol. The van der Waals surface area contributed by atoms with Crippen molar-refractivity contribution < 1.29 is 28.7 Å². The van der Waals surface area contributed by atoms with Gasteiger partial charge in [-0.2, -0.15) is 0 Å². The fourth-order valence-corrected chi connectivity index (χ4v) is 5.68. The molecule has 0 aliphatic heterocycles. The topological polar surface area (TPSA) is 143 Å². The molecule has 0 saturated heterocycles. The number of hydrogen-bond donors (Lipinski definition) is 4. The molecule has 0 aliphatic rings. The fraction of sp³-hybridized carbons (Fsp3) is 0.146. The number of amides is 3. The zero-order chi connectivity index (χ0) is 35.9. The summed E-state index contributed by atoms with van der Waals surface area (Å²) in [5.74, 6) is -3.52. The van der Waals surface area contributed by atoms with E-state index in [4.69, 9.17) is 4.74 Å². The smallest absolute Gasteiger partial charge is 0.345 e. The minimum Gasteiger partial charge on any atom is -0.388 e. The third-order valence-electron chi connectivity index (χ3n) is 8.14. The summed E-state index contributed by atoms with van der Waals surface area (Å²) in [5, 5.41) is 11.2. The molecule has 0 unspecified atom stereocenters. The van der Waals surface area contributed by atoms with Gasteiger partial charge in [-0.15, -0.1) is 0 Å². The van der Waals surface area contributed by atoms with Crippen molar-refractivity contribution in [3.8, 4) is 0 Å². The highest BCUT2D eigenvalue weighted by atomic mass is 16.6. The van der Waals surface area contributed by atoms with Crippen LogP contribution in [-0.2, 0) is 35.9 Å². The Hall–Kier alpha value is -6.39. The minimum absolute atomic E-state index is 0.111. The average molecular weight is 683 g/mol. The van der Waals surface area contributed by atoms with Gasteiger partial charge >= 0.3 is 11.9 Å². The predicted molar refractivity (Wildman–Crippen MR) is 192 cm³/mol. The first-order chi connectivity index (χ1) is 24.8. The standard InChI is InChI=1S/C41H38N4O6/c46-36(28-44-41(32-20-10-3-11-21-32,33-22-12-4-13-23-33)34-24-14-5-15-25-34)42-27-37(47)45-35(26-30-16-6-1-7-17-30)39(49)43-29-38(48)51-40(50)31-18-8-2-9-19-31/h1-25,35,44H,26-29H2,(H,42,46)(H,43,49)(H,45,47)/t35-/m0/s1. The number of benzene rings is 5. The minimum atomic E-state index is -1.09. The molecule has 10 heteroatoms. The lowest BCUT2D eigenvalue weighted by atomic mass is 9.77. The summed E-state index contributed by atoms with van der Waals surface area (Å²) in [6.45, 7) is -1.13. The van der Waals surface area contributed by atoms with Gasteiger partial charge in [0.15, 0.2) is 0 Å². The molecular formula is C41H38N4O6. The second-order valence-electron chi connectivity index (χ2n) is 11.6. The van der Waals surface area contributed by atoms with Crippen molar-refractivity contribution in [1.82, 2.24) is 21.3 Å². The average Bonchev–Trinajstić information content (AvgIpc) is 3.18. The van der Waals surface area contributed by atoms with Crippen LogP contribution in [0.3, 0.4) is 0 Å². The van der Waals surface area contributed by atoms with Crippen LogP contribution in [-0.4, -0.2) is 55.3 Å². The quantitative estimate of drug-likeness (QED) is 0.0746. The van der Waals surface area contributed by atoms with Crippen LogP contribution in [0.2, 0.25) is 0 Å². The van der Waals surface area contributed by atoms with E-state index in [0.717, 1.165) is 22.3 Å². The van der Waals surface area contributed by atoms with Crippen molar-refractivity contribution in [2.24, 2.45) is 0 Å². The zero-order valence-electron chi connectivity index (χ0n) is 27.8. The summed E-state index contributed by atoms with van der Waals surface area (Å²) < 4.78 is 4.83. The highest BCUT2D eigenvalue weighted by molar-refractivity contribution is 5.98. The molecule has 1 atom stereocenters.